The SMILES string of the molecule is CC[C@]1(O)CC2CN(CCc3c([nH]c4ccccc34)[C@@](C(=O)OC)(c3cc4c(cc3OC)N(C)[C@@H]3C45CCN4CC=C[C@](CC)([C@H]45)[C@@H](O)[C@@]3(O)C(=O)NCCCCCCn3c(=O)c(C)cn([C@@H]4C[C@H](O)[C@@H](CO)O4)c3=O)C2)C1. The Morgan fingerprint density at radius 3 is 2.49 bits per heavy atom. The number of carbonyl (C=O) groups excluding carboxylic acids is 2. The number of nitrogens with one attached hydrogen (secondary N) is 2. The number of H-pyrrole nitrogens is 1. The van der Waals surface area contributed by atoms with Crippen LogP contribution in [0.1, 0.15) is 112 Å². The number of aliphatic hydroxyl groups is 5. The number of aromatic nitrogens is 3. The van der Waals surface area contributed by atoms with Crippen molar-refractivity contribution in [3.63, 3.8) is 0 Å². The molecule has 6 aliphatic heterocycles. The second-order valence-electron chi connectivity index (χ2n) is 23.9. The molecule has 19 nitrogen and oxygen atoms in total. The number of piperidine rings is 1. The molecule has 4 aromatic rings. The number of methoxy groups -OCH3 is 2. The molecule has 3 unspecified atom stereocenters. The molecule has 2 aromatic carbocycles. The van der Waals surface area contributed by atoms with E-state index in [1.54, 1.807) is 14.0 Å². The third-order valence-corrected chi connectivity index (χ3v) is 19.9. The van der Waals surface area contributed by atoms with E-state index in [9.17, 15) is 35.1 Å². The highest BCUT2D eigenvalue weighted by atomic mass is 16.5. The number of rotatable bonds is 15. The monoisotopic (exact) mass is 1080 g/mol. The van der Waals surface area contributed by atoms with Gasteiger partial charge in [-0.2, -0.15) is 0 Å². The van der Waals surface area contributed by atoms with Crippen molar-refractivity contribution in [3.8, 4) is 5.75 Å². The van der Waals surface area contributed by atoms with Crippen molar-refractivity contribution < 1.29 is 49.3 Å². The summed E-state index contributed by atoms with van der Waals surface area (Å²) in [6.07, 6.45) is 6.71. The number of amides is 1. The summed E-state index contributed by atoms with van der Waals surface area (Å²) < 4.78 is 20.7. The average molecular weight is 1080 g/mol. The Bertz CT molecular complexity index is 3140. The third-order valence-electron chi connectivity index (χ3n) is 19.9. The molecular formula is C59H79N7O12. The van der Waals surface area contributed by atoms with Crippen LogP contribution in [0.2, 0.25) is 0 Å². The summed E-state index contributed by atoms with van der Waals surface area (Å²) in [5.41, 5.74) is -2.56. The number of fused-ring (bicyclic) bond motifs is 6. The lowest BCUT2D eigenvalue weighted by atomic mass is 9.47. The lowest BCUT2D eigenvalue weighted by molar-refractivity contribution is -0.203. The maximum absolute atomic E-state index is 15.5. The van der Waals surface area contributed by atoms with Crippen LogP contribution in [-0.2, 0) is 42.9 Å². The fourth-order valence-corrected chi connectivity index (χ4v) is 16.3. The van der Waals surface area contributed by atoms with Crippen molar-refractivity contribution >= 4 is 28.5 Å². The van der Waals surface area contributed by atoms with Crippen LogP contribution in [0.5, 0.6) is 5.75 Å². The number of likely N-dealkylation sites (N-methyl/N-ethyl adjacent to an activating group) is 1. The maximum Gasteiger partial charge on any atom is 0.333 e. The van der Waals surface area contributed by atoms with E-state index in [4.69, 9.17) is 14.2 Å². The molecule has 8 heterocycles. The molecule has 0 radical (unpaired) electrons. The molecule has 2 bridgehead atoms. The second-order valence-corrected chi connectivity index (χ2v) is 23.9. The van der Waals surface area contributed by atoms with Gasteiger partial charge in [0.2, 0.25) is 0 Å². The smallest absolute Gasteiger partial charge is 0.333 e. The number of anilines is 1. The summed E-state index contributed by atoms with van der Waals surface area (Å²) in [6, 6.07) is 10.9. The van der Waals surface area contributed by atoms with Crippen LogP contribution in [0, 0.1) is 18.3 Å². The molecular weight excluding hydrogens is 999 g/mol. The summed E-state index contributed by atoms with van der Waals surface area (Å²) in [5.74, 6) is -0.830. The minimum absolute atomic E-state index is 0.104. The lowest BCUT2D eigenvalue weighted by Crippen LogP contribution is -2.81. The predicted molar refractivity (Wildman–Crippen MR) is 292 cm³/mol. The number of carbonyl (C=O) groups is 2. The molecule has 19 heteroatoms. The molecule has 422 valence electrons. The van der Waals surface area contributed by atoms with Crippen LogP contribution < -0.4 is 26.2 Å². The Kier molecular flexibility index (Phi) is 14.2. The number of aryl methyl sites for hydroxylation is 1. The Balaban J connectivity index is 0.934. The highest BCUT2D eigenvalue weighted by molar-refractivity contribution is 5.95. The van der Waals surface area contributed by atoms with Crippen molar-refractivity contribution in [1.29, 1.82) is 0 Å². The Hall–Kier alpha value is -5.38. The van der Waals surface area contributed by atoms with E-state index in [1.165, 1.54) is 22.4 Å². The van der Waals surface area contributed by atoms with Crippen molar-refractivity contribution in [2.45, 2.75) is 157 Å². The summed E-state index contributed by atoms with van der Waals surface area (Å²) in [7, 11) is 4.90. The first-order valence-corrected chi connectivity index (χ1v) is 28.4. The van der Waals surface area contributed by atoms with Crippen LogP contribution in [0.25, 0.3) is 10.9 Å². The largest absolute Gasteiger partial charge is 0.496 e. The third kappa shape index (κ3) is 8.02. The molecule has 7 N–H and O–H groups in total. The van der Waals surface area contributed by atoms with E-state index in [-0.39, 0.29) is 31.5 Å². The van der Waals surface area contributed by atoms with Gasteiger partial charge < -0.3 is 54.9 Å². The van der Waals surface area contributed by atoms with Crippen LogP contribution in [-0.4, -0.2) is 170 Å². The number of nitrogens with zero attached hydrogens (tertiary/aromatic N) is 5. The number of benzene rings is 2. The minimum atomic E-state index is -2.34. The van der Waals surface area contributed by atoms with Gasteiger partial charge in [0.25, 0.3) is 11.5 Å². The standard InChI is InChI=1S/C59H79N7O12/c1-7-55(74)29-36-30-58(53(72)77-6,47-38(18-24-63(32-36)34-55)37-16-11-12-17-41(37)61-47)40-26-39-42(27-44(40)76-5)62(4)50-57(39)20-25-64-22-15-19-56(8-2,49(57)64)51(70)59(50,75)52(71)60-21-13-9-10-14-23-65-48(69)35(3)31-66(54(65)73)46-28-43(68)45(33-67)78-46/h11-12,15-17,19,26-27,31,36,43,45-46,49-51,61,67-68,70,74-75H,7-10,13-14,18,20-25,28-30,32-34H2,1-6H3,(H,60,71)/t36?,43-,45+,46-,49-,50+,51+,55-,56+,57?,58-,59+/m0/s1. The molecule has 7 aliphatic rings. The van der Waals surface area contributed by atoms with Gasteiger partial charge in [-0.1, -0.05) is 57.0 Å². The fourth-order valence-electron chi connectivity index (χ4n) is 16.3. The zero-order chi connectivity index (χ0) is 55.3. The van der Waals surface area contributed by atoms with Gasteiger partial charge in [-0.05, 0) is 94.0 Å². The van der Waals surface area contributed by atoms with Gasteiger partial charge >= 0.3 is 11.7 Å². The van der Waals surface area contributed by atoms with E-state index >= 15 is 9.59 Å². The topological polar surface area (TPSA) is 245 Å². The Morgan fingerprint density at radius 2 is 1.76 bits per heavy atom. The fraction of sp³-hybridized carbons (Fsp3) is 0.627. The van der Waals surface area contributed by atoms with Gasteiger partial charge in [0, 0.05) is 115 Å². The number of aliphatic hydroxyl groups excluding tert-OH is 3. The van der Waals surface area contributed by atoms with E-state index in [0.717, 1.165) is 33.4 Å². The van der Waals surface area contributed by atoms with E-state index in [2.05, 4.69) is 32.2 Å². The van der Waals surface area contributed by atoms with Gasteiger partial charge in [-0.15, -0.1) is 0 Å². The average Bonchev–Trinajstić information content (AvgIpc) is 1.98. The summed E-state index contributed by atoms with van der Waals surface area (Å²) in [6.45, 7) is 8.76. The molecule has 78 heavy (non-hydrogen) atoms. The molecule has 2 aromatic heterocycles. The maximum atomic E-state index is 15.5. The molecule has 4 fully saturated rings. The van der Waals surface area contributed by atoms with Crippen molar-refractivity contribution in [1.82, 2.24) is 29.2 Å². The number of para-hydroxylation sites is 1. The molecule has 1 spiro atoms. The number of esters is 1. The highest BCUT2D eigenvalue weighted by Crippen LogP contribution is 2.67. The van der Waals surface area contributed by atoms with Gasteiger partial charge in [-0.3, -0.25) is 33.3 Å². The lowest BCUT2D eigenvalue weighted by Gasteiger charge is -2.63. The Labute approximate surface area is 454 Å². The normalized spacial score (nSPS) is 34.8. The summed E-state index contributed by atoms with van der Waals surface area (Å²) >= 11 is 0. The molecule has 1 saturated carbocycles. The number of hydrogen-bond donors (Lipinski definition) is 7. The van der Waals surface area contributed by atoms with Crippen LogP contribution in [0.4, 0.5) is 5.69 Å². The molecule has 3 saturated heterocycles. The second kappa shape index (κ2) is 20.3. The number of hydrogen-bond acceptors (Lipinski definition) is 15. The first-order chi connectivity index (χ1) is 37.4. The Morgan fingerprint density at radius 1 is 0.974 bits per heavy atom. The molecule has 1 amide bonds. The molecule has 1 aliphatic carbocycles. The van der Waals surface area contributed by atoms with Gasteiger partial charge in [0.05, 0.1) is 38.6 Å². The van der Waals surface area contributed by atoms with Gasteiger partial charge in [0.1, 0.15) is 29.6 Å². The number of unbranched alkanes of at least 4 members (excludes halogenated alkanes) is 3. The van der Waals surface area contributed by atoms with Crippen molar-refractivity contribution in [3.05, 3.63) is 104 Å². The van der Waals surface area contributed by atoms with Gasteiger partial charge in [-0.25, -0.2) is 4.79 Å². The zero-order valence-corrected chi connectivity index (χ0v) is 46.0. The number of aromatic amines is 1. The van der Waals surface area contributed by atoms with E-state index in [1.807, 2.05) is 62.2 Å². The van der Waals surface area contributed by atoms with Crippen LogP contribution in [0.15, 0.2) is 64.3 Å². The van der Waals surface area contributed by atoms with E-state index < -0.39 is 87.8 Å². The van der Waals surface area contributed by atoms with Crippen molar-refractivity contribution in [2.24, 2.45) is 11.3 Å². The summed E-state index contributed by atoms with van der Waals surface area (Å²) in [5, 5.41) is 62.8. The number of ether oxygens (including phenoxy) is 3. The van der Waals surface area contributed by atoms with E-state index in [0.29, 0.717) is 114 Å². The molecule has 13 atom stereocenters. The molecule has 11 rings (SSSR count). The minimum Gasteiger partial charge on any atom is -0.496 e. The van der Waals surface area contributed by atoms with Crippen molar-refractivity contribution in [2.75, 3.05) is 72.0 Å². The quantitative estimate of drug-likeness (QED) is 0.0515. The zero-order valence-electron chi connectivity index (χ0n) is 46.0. The van der Waals surface area contributed by atoms with Crippen LogP contribution >= 0.6 is 0 Å². The van der Waals surface area contributed by atoms with Crippen LogP contribution in [0.3, 0.4) is 0 Å². The highest BCUT2D eigenvalue weighted by Gasteiger charge is 2.78. The first kappa shape index (κ1) is 54.6. The first-order valence-electron chi connectivity index (χ1n) is 28.4. The summed E-state index contributed by atoms with van der Waals surface area (Å²) in [4.78, 5) is 68.0. The predicted octanol–water partition coefficient (Wildman–Crippen LogP) is 2.90. The van der Waals surface area contributed by atoms with Gasteiger partial charge in [0.15, 0.2) is 5.60 Å².